The van der Waals surface area contributed by atoms with Gasteiger partial charge in [-0.05, 0) is 37.0 Å². The lowest BCUT2D eigenvalue weighted by atomic mass is 10.0. The van der Waals surface area contributed by atoms with Gasteiger partial charge in [0.2, 0.25) is 0 Å². The summed E-state index contributed by atoms with van der Waals surface area (Å²) in [4.78, 5) is 16.6. The normalized spacial score (nSPS) is 19.8. The van der Waals surface area contributed by atoms with Crippen molar-refractivity contribution in [1.29, 1.82) is 0 Å². The van der Waals surface area contributed by atoms with E-state index in [1.807, 2.05) is 0 Å². The quantitative estimate of drug-likeness (QED) is 0.941. The van der Waals surface area contributed by atoms with Crippen LogP contribution in [0.5, 0.6) is 5.75 Å². The molecule has 1 amide bonds. The number of nitrogens with zero attached hydrogens (tertiary/aromatic N) is 1. The number of fused-ring (bicyclic) bond motifs is 1. The molecule has 23 heavy (non-hydrogen) atoms. The van der Waals surface area contributed by atoms with Gasteiger partial charge in [0, 0.05) is 18.4 Å². The van der Waals surface area contributed by atoms with Crippen molar-refractivity contribution in [3.05, 3.63) is 47.4 Å². The zero-order valence-corrected chi connectivity index (χ0v) is 12.5. The third-order valence-electron chi connectivity index (χ3n) is 4.26. The molecule has 0 unspecified atom stereocenters. The number of benzene rings is 1. The minimum absolute atomic E-state index is 0.269. The smallest absolute Gasteiger partial charge is 0.273 e. The Labute approximate surface area is 132 Å². The molecule has 5 nitrogen and oxygen atoms in total. The van der Waals surface area contributed by atoms with Crippen LogP contribution < -0.4 is 10.1 Å². The first kappa shape index (κ1) is 14.2. The van der Waals surface area contributed by atoms with Gasteiger partial charge >= 0.3 is 0 Å². The van der Waals surface area contributed by atoms with E-state index in [2.05, 4.69) is 10.3 Å². The van der Waals surface area contributed by atoms with E-state index in [1.165, 1.54) is 31.2 Å². The molecule has 1 saturated carbocycles. The van der Waals surface area contributed by atoms with E-state index in [9.17, 15) is 9.18 Å². The summed E-state index contributed by atoms with van der Waals surface area (Å²) in [7, 11) is 0. The summed E-state index contributed by atoms with van der Waals surface area (Å²) in [5.74, 6) is 1.21. The highest BCUT2D eigenvalue weighted by Gasteiger charge is 2.27. The first-order chi connectivity index (χ1) is 11.2. The lowest BCUT2D eigenvalue weighted by Gasteiger charge is -2.26. The average Bonchev–Trinajstić information content (AvgIpc) is 3.22. The fourth-order valence-corrected chi connectivity index (χ4v) is 2.83. The molecule has 0 bridgehead atoms. The van der Waals surface area contributed by atoms with Crippen LogP contribution in [-0.4, -0.2) is 17.5 Å². The first-order valence-corrected chi connectivity index (χ1v) is 7.86. The second-order valence-electron chi connectivity index (χ2n) is 6.12. The van der Waals surface area contributed by atoms with Crippen LogP contribution >= 0.6 is 0 Å². The number of oxazole rings is 1. The maximum Gasteiger partial charge on any atom is 0.273 e. The van der Waals surface area contributed by atoms with Crippen molar-refractivity contribution in [2.24, 2.45) is 5.92 Å². The molecule has 6 heteroatoms. The molecule has 1 fully saturated rings. The largest absolute Gasteiger partial charge is 0.493 e. The van der Waals surface area contributed by atoms with Crippen LogP contribution in [0.2, 0.25) is 0 Å². The Kier molecular flexibility index (Phi) is 3.52. The van der Waals surface area contributed by atoms with E-state index >= 15 is 0 Å². The summed E-state index contributed by atoms with van der Waals surface area (Å²) >= 11 is 0. The third-order valence-corrected chi connectivity index (χ3v) is 4.26. The number of hydrogen-bond acceptors (Lipinski definition) is 4. The predicted molar refractivity (Wildman–Crippen MR) is 79.7 cm³/mol. The van der Waals surface area contributed by atoms with Crippen molar-refractivity contribution in [2.45, 2.75) is 31.7 Å². The molecule has 0 radical (unpaired) electrons. The van der Waals surface area contributed by atoms with Crippen molar-refractivity contribution in [3.63, 3.8) is 0 Å². The Morgan fingerprint density at radius 3 is 3.04 bits per heavy atom. The Balaban J connectivity index is 1.48. The molecule has 2 aliphatic rings. The number of amides is 1. The van der Waals surface area contributed by atoms with Crippen molar-refractivity contribution in [1.82, 2.24) is 10.3 Å². The number of carbonyl (C=O) groups excluding carboxylic acids is 1. The van der Waals surface area contributed by atoms with Crippen molar-refractivity contribution in [2.75, 3.05) is 6.61 Å². The zero-order chi connectivity index (χ0) is 15.8. The van der Waals surface area contributed by atoms with Crippen molar-refractivity contribution >= 4 is 5.91 Å². The lowest BCUT2D eigenvalue weighted by Crippen LogP contribution is -2.32. The molecule has 2 aromatic rings. The molecule has 1 aliphatic heterocycles. The maximum absolute atomic E-state index is 13.5. The van der Waals surface area contributed by atoms with E-state index < -0.39 is 0 Å². The van der Waals surface area contributed by atoms with Gasteiger partial charge in [-0.15, -0.1) is 0 Å². The molecule has 1 atom stereocenters. The second-order valence-corrected chi connectivity index (χ2v) is 6.12. The Morgan fingerprint density at radius 1 is 1.35 bits per heavy atom. The van der Waals surface area contributed by atoms with E-state index in [0.717, 1.165) is 6.42 Å². The van der Waals surface area contributed by atoms with Gasteiger partial charge in [0.1, 0.15) is 17.8 Å². The molecule has 1 N–H and O–H groups in total. The van der Waals surface area contributed by atoms with Gasteiger partial charge in [-0.25, -0.2) is 9.37 Å². The molecule has 1 aliphatic carbocycles. The monoisotopic (exact) mass is 316 g/mol. The first-order valence-electron chi connectivity index (χ1n) is 7.86. The molecule has 2 heterocycles. The van der Waals surface area contributed by atoms with Gasteiger partial charge in [-0.1, -0.05) is 0 Å². The minimum Gasteiger partial charge on any atom is -0.493 e. The molecule has 1 aromatic carbocycles. The molecular weight excluding hydrogens is 299 g/mol. The van der Waals surface area contributed by atoms with Gasteiger partial charge in [0.05, 0.1) is 12.6 Å². The fraction of sp³-hybridized carbons (Fsp3) is 0.412. The molecule has 4 rings (SSSR count). The highest BCUT2D eigenvalue weighted by Crippen LogP contribution is 2.33. The average molecular weight is 316 g/mol. The van der Waals surface area contributed by atoms with Gasteiger partial charge < -0.3 is 14.5 Å². The van der Waals surface area contributed by atoms with Crippen LogP contribution in [-0.2, 0) is 6.42 Å². The number of carbonyl (C=O) groups is 1. The van der Waals surface area contributed by atoms with Crippen molar-refractivity contribution in [3.8, 4) is 5.75 Å². The summed E-state index contributed by atoms with van der Waals surface area (Å²) in [5, 5.41) is 2.89. The number of rotatable bonds is 4. The van der Waals surface area contributed by atoms with Crippen LogP contribution in [0.15, 0.2) is 28.9 Å². The molecule has 0 saturated heterocycles. The highest BCUT2D eigenvalue weighted by molar-refractivity contribution is 5.92. The van der Waals surface area contributed by atoms with Gasteiger partial charge in [-0.3, -0.25) is 4.79 Å². The van der Waals surface area contributed by atoms with Crippen molar-refractivity contribution < 1.29 is 18.3 Å². The zero-order valence-electron chi connectivity index (χ0n) is 12.5. The lowest BCUT2D eigenvalue weighted by molar-refractivity contribution is 0.0919. The standard InChI is InChI=1S/C17H17FN2O3/c18-11-3-4-15-12(8-11)13(5-6-22-15)20-17(21)14-9-23-16(19-14)7-10-1-2-10/h3-4,8-10,13H,1-2,5-7H2,(H,20,21)/t13-/m1/s1. The minimum atomic E-state index is -0.346. The molecule has 1 aromatic heterocycles. The SMILES string of the molecule is O=C(N[C@@H]1CCOc2ccc(F)cc21)c1coc(CC2CC2)n1. The third kappa shape index (κ3) is 3.06. The summed E-state index contributed by atoms with van der Waals surface area (Å²) in [6.07, 6.45) is 5.18. The second kappa shape index (κ2) is 5.68. The highest BCUT2D eigenvalue weighted by atomic mass is 19.1. The van der Waals surface area contributed by atoms with Gasteiger partial charge in [0.15, 0.2) is 11.6 Å². The number of hydrogen-bond donors (Lipinski definition) is 1. The van der Waals surface area contributed by atoms with Gasteiger partial charge in [0.25, 0.3) is 5.91 Å². The van der Waals surface area contributed by atoms with Crippen LogP contribution in [0.4, 0.5) is 4.39 Å². The Morgan fingerprint density at radius 2 is 2.22 bits per heavy atom. The Hall–Kier alpha value is -2.37. The summed E-state index contributed by atoms with van der Waals surface area (Å²) < 4.78 is 24.3. The number of nitrogens with one attached hydrogen (secondary N) is 1. The topological polar surface area (TPSA) is 64.4 Å². The Bertz CT molecular complexity index is 739. The van der Waals surface area contributed by atoms with Crippen LogP contribution in [0, 0.1) is 11.7 Å². The number of aromatic nitrogens is 1. The summed E-state index contributed by atoms with van der Waals surface area (Å²) in [6.45, 7) is 0.481. The number of ether oxygens (including phenoxy) is 1. The number of halogens is 1. The fourth-order valence-electron chi connectivity index (χ4n) is 2.83. The van der Waals surface area contributed by atoms with E-state index in [1.54, 1.807) is 6.07 Å². The molecular formula is C17H17FN2O3. The van der Waals surface area contributed by atoms with E-state index in [-0.39, 0.29) is 23.5 Å². The van der Waals surface area contributed by atoms with Gasteiger partial charge in [-0.2, -0.15) is 0 Å². The maximum atomic E-state index is 13.5. The molecule has 120 valence electrons. The summed E-state index contributed by atoms with van der Waals surface area (Å²) in [6, 6.07) is 4.06. The van der Waals surface area contributed by atoms with Crippen LogP contribution in [0.3, 0.4) is 0 Å². The van der Waals surface area contributed by atoms with Crippen LogP contribution in [0.1, 0.15) is 47.2 Å². The predicted octanol–water partition coefficient (Wildman–Crippen LogP) is 3.02. The van der Waals surface area contributed by atoms with Crippen LogP contribution in [0.25, 0.3) is 0 Å². The van der Waals surface area contributed by atoms with E-state index in [0.29, 0.717) is 36.1 Å². The summed E-state index contributed by atoms with van der Waals surface area (Å²) in [5.41, 5.74) is 0.927. The van der Waals surface area contributed by atoms with E-state index in [4.69, 9.17) is 9.15 Å². The molecule has 0 spiro atoms.